The molecule has 0 aliphatic rings. The Labute approximate surface area is 80.4 Å². The van der Waals surface area contributed by atoms with E-state index in [-0.39, 0.29) is 11.8 Å². The van der Waals surface area contributed by atoms with Crippen LogP contribution in [-0.4, -0.2) is 43.5 Å². The lowest BCUT2D eigenvalue weighted by Crippen LogP contribution is -2.40. The SMILES string of the molecule is C=CC(=O)C(C)N(CC)CCOC. The van der Waals surface area contributed by atoms with Crippen molar-refractivity contribution in [1.82, 2.24) is 4.90 Å². The zero-order chi connectivity index (χ0) is 10.3. The number of hydrogen-bond acceptors (Lipinski definition) is 3. The Kier molecular flexibility index (Phi) is 6.45. The maximum atomic E-state index is 11.3. The highest BCUT2D eigenvalue weighted by Crippen LogP contribution is 2.00. The first kappa shape index (κ1) is 12.3. The van der Waals surface area contributed by atoms with Gasteiger partial charge in [0.15, 0.2) is 5.78 Å². The van der Waals surface area contributed by atoms with Gasteiger partial charge in [-0.2, -0.15) is 0 Å². The van der Waals surface area contributed by atoms with Crippen LogP contribution in [0.15, 0.2) is 12.7 Å². The minimum absolute atomic E-state index is 0.0675. The molecule has 0 aliphatic heterocycles. The van der Waals surface area contributed by atoms with Gasteiger partial charge in [0.25, 0.3) is 0 Å². The number of carbonyl (C=O) groups excluding carboxylic acids is 1. The predicted octanol–water partition coefficient (Wildman–Crippen LogP) is 1.10. The van der Waals surface area contributed by atoms with Crippen molar-refractivity contribution in [3.8, 4) is 0 Å². The average molecular weight is 185 g/mol. The van der Waals surface area contributed by atoms with Gasteiger partial charge in [0.05, 0.1) is 12.6 Å². The van der Waals surface area contributed by atoms with Crippen molar-refractivity contribution in [2.75, 3.05) is 26.8 Å². The monoisotopic (exact) mass is 185 g/mol. The Bertz CT molecular complexity index is 168. The fourth-order valence-corrected chi connectivity index (χ4v) is 1.18. The second kappa shape index (κ2) is 6.80. The van der Waals surface area contributed by atoms with Gasteiger partial charge in [-0.05, 0) is 19.5 Å². The van der Waals surface area contributed by atoms with Crippen LogP contribution in [0.25, 0.3) is 0 Å². The molecule has 0 amide bonds. The number of ketones is 1. The van der Waals surface area contributed by atoms with E-state index in [1.54, 1.807) is 7.11 Å². The molecule has 13 heavy (non-hydrogen) atoms. The maximum absolute atomic E-state index is 11.3. The van der Waals surface area contributed by atoms with Gasteiger partial charge in [0, 0.05) is 13.7 Å². The molecule has 0 heterocycles. The first-order chi connectivity index (χ1) is 6.17. The third-order valence-corrected chi connectivity index (χ3v) is 2.15. The lowest BCUT2D eigenvalue weighted by Gasteiger charge is -2.25. The molecule has 3 heteroatoms. The molecule has 1 unspecified atom stereocenters. The first-order valence-corrected chi connectivity index (χ1v) is 4.56. The van der Waals surface area contributed by atoms with Crippen LogP contribution in [-0.2, 0) is 9.53 Å². The molecule has 0 radical (unpaired) electrons. The number of rotatable bonds is 7. The van der Waals surface area contributed by atoms with Crippen LogP contribution in [0.1, 0.15) is 13.8 Å². The van der Waals surface area contributed by atoms with Crippen molar-refractivity contribution in [3.05, 3.63) is 12.7 Å². The van der Waals surface area contributed by atoms with Gasteiger partial charge in [0.1, 0.15) is 0 Å². The lowest BCUT2D eigenvalue weighted by atomic mass is 10.2. The molecule has 0 bridgehead atoms. The molecule has 0 saturated heterocycles. The van der Waals surface area contributed by atoms with Crippen molar-refractivity contribution >= 4 is 5.78 Å². The predicted molar refractivity (Wildman–Crippen MR) is 53.8 cm³/mol. The highest BCUT2D eigenvalue weighted by molar-refractivity contribution is 5.93. The summed E-state index contributed by atoms with van der Waals surface area (Å²) in [5.41, 5.74) is 0. The van der Waals surface area contributed by atoms with Crippen molar-refractivity contribution in [1.29, 1.82) is 0 Å². The molecule has 1 atom stereocenters. The minimum Gasteiger partial charge on any atom is -0.383 e. The van der Waals surface area contributed by atoms with E-state index in [9.17, 15) is 4.79 Å². The van der Waals surface area contributed by atoms with Gasteiger partial charge in [-0.25, -0.2) is 0 Å². The molecule has 0 aromatic carbocycles. The highest BCUT2D eigenvalue weighted by Gasteiger charge is 2.16. The molecule has 0 spiro atoms. The summed E-state index contributed by atoms with van der Waals surface area (Å²) in [6, 6.07) is -0.0855. The quantitative estimate of drug-likeness (QED) is 0.556. The van der Waals surface area contributed by atoms with Gasteiger partial charge in [-0.3, -0.25) is 9.69 Å². The maximum Gasteiger partial charge on any atom is 0.171 e. The number of methoxy groups -OCH3 is 1. The summed E-state index contributed by atoms with van der Waals surface area (Å²) < 4.78 is 4.96. The third kappa shape index (κ3) is 4.20. The number of hydrogen-bond donors (Lipinski definition) is 0. The van der Waals surface area contributed by atoms with Crippen LogP contribution in [0, 0.1) is 0 Å². The van der Waals surface area contributed by atoms with Crippen LogP contribution in [0.2, 0.25) is 0 Å². The normalized spacial score (nSPS) is 12.9. The van der Waals surface area contributed by atoms with Gasteiger partial charge in [0.2, 0.25) is 0 Å². The molecular formula is C10H19NO2. The summed E-state index contributed by atoms with van der Waals surface area (Å²) in [5.74, 6) is 0.0675. The van der Waals surface area contributed by atoms with Gasteiger partial charge < -0.3 is 4.74 Å². The highest BCUT2D eigenvalue weighted by atomic mass is 16.5. The van der Waals surface area contributed by atoms with Crippen LogP contribution in [0.3, 0.4) is 0 Å². The Morgan fingerprint density at radius 2 is 2.31 bits per heavy atom. The van der Waals surface area contributed by atoms with E-state index in [1.165, 1.54) is 6.08 Å². The summed E-state index contributed by atoms with van der Waals surface area (Å²) in [6.45, 7) is 9.69. The van der Waals surface area contributed by atoms with E-state index < -0.39 is 0 Å². The Balaban J connectivity index is 4.05. The first-order valence-electron chi connectivity index (χ1n) is 4.56. The molecule has 0 aromatic heterocycles. The number of carbonyl (C=O) groups is 1. The van der Waals surface area contributed by atoms with E-state index in [1.807, 2.05) is 13.8 Å². The van der Waals surface area contributed by atoms with E-state index in [2.05, 4.69) is 11.5 Å². The molecule has 0 aliphatic carbocycles. The second-order valence-electron chi connectivity index (χ2n) is 2.90. The van der Waals surface area contributed by atoms with E-state index >= 15 is 0 Å². The molecule has 0 rings (SSSR count). The summed E-state index contributed by atoms with van der Waals surface area (Å²) in [7, 11) is 1.66. The van der Waals surface area contributed by atoms with Crippen LogP contribution in [0.5, 0.6) is 0 Å². The van der Waals surface area contributed by atoms with Crippen LogP contribution in [0.4, 0.5) is 0 Å². The van der Waals surface area contributed by atoms with Crippen molar-refractivity contribution in [2.45, 2.75) is 19.9 Å². The number of likely N-dealkylation sites (N-methyl/N-ethyl adjacent to an activating group) is 1. The molecule has 0 fully saturated rings. The zero-order valence-electron chi connectivity index (χ0n) is 8.75. The molecule has 0 saturated carbocycles. The van der Waals surface area contributed by atoms with Crippen molar-refractivity contribution in [3.63, 3.8) is 0 Å². The molecular weight excluding hydrogens is 166 g/mol. The summed E-state index contributed by atoms with van der Waals surface area (Å²) >= 11 is 0. The smallest absolute Gasteiger partial charge is 0.171 e. The largest absolute Gasteiger partial charge is 0.383 e. The summed E-state index contributed by atoms with van der Waals surface area (Å²) in [6.07, 6.45) is 1.38. The number of nitrogens with zero attached hydrogens (tertiary/aromatic N) is 1. The van der Waals surface area contributed by atoms with E-state index in [4.69, 9.17) is 4.74 Å². The third-order valence-electron chi connectivity index (χ3n) is 2.15. The molecule has 76 valence electrons. The second-order valence-corrected chi connectivity index (χ2v) is 2.90. The van der Waals surface area contributed by atoms with Crippen molar-refractivity contribution in [2.24, 2.45) is 0 Å². The van der Waals surface area contributed by atoms with E-state index in [0.29, 0.717) is 6.61 Å². The van der Waals surface area contributed by atoms with Gasteiger partial charge >= 0.3 is 0 Å². The molecule has 0 aromatic rings. The average Bonchev–Trinajstić information content (AvgIpc) is 2.17. The summed E-state index contributed by atoms with van der Waals surface area (Å²) in [4.78, 5) is 13.3. The topological polar surface area (TPSA) is 29.5 Å². The van der Waals surface area contributed by atoms with E-state index in [0.717, 1.165) is 13.1 Å². The standard InChI is InChI=1S/C10H19NO2/c1-5-10(12)9(3)11(6-2)7-8-13-4/h5,9H,1,6-8H2,2-4H3. The van der Waals surface area contributed by atoms with Crippen LogP contribution < -0.4 is 0 Å². The number of ether oxygens (including phenoxy) is 1. The van der Waals surface area contributed by atoms with Crippen LogP contribution >= 0.6 is 0 Å². The summed E-state index contributed by atoms with van der Waals surface area (Å²) in [5, 5.41) is 0. The Morgan fingerprint density at radius 1 is 1.69 bits per heavy atom. The van der Waals surface area contributed by atoms with Crippen molar-refractivity contribution < 1.29 is 9.53 Å². The Hall–Kier alpha value is -0.670. The fourth-order valence-electron chi connectivity index (χ4n) is 1.18. The molecule has 3 nitrogen and oxygen atoms in total. The Morgan fingerprint density at radius 3 is 2.69 bits per heavy atom. The zero-order valence-corrected chi connectivity index (χ0v) is 8.75. The molecule has 0 N–H and O–H groups in total. The minimum atomic E-state index is -0.0855. The fraction of sp³-hybridized carbons (Fsp3) is 0.700. The lowest BCUT2D eigenvalue weighted by molar-refractivity contribution is -0.119. The van der Waals surface area contributed by atoms with Gasteiger partial charge in [-0.15, -0.1) is 0 Å². The van der Waals surface area contributed by atoms with Gasteiger partial charge in [-0.1, -0.05) is 13.5 Å².